The third-order valence-electron chi connectivity index (χ3n) is 0. The number of hydrogen-bond donors (Lipinski definition) is 0. The molecule has 0 spiro atoms. The molecule has 0 heterocycles. The molecule has 6 heteroatoms. The maximum atomic E-state index is 0. The van der Waals surface area contributed by atoms with Crippen molar-refractivity contribution >= 4 is 17.4 Å². The molecule has 0 bridgehead atoms. The predicted molar refractivity (Wildman–Crippen MR) is 9.94 cm³/mol. The molecular formula is H3AlCrCuFeNiTi. The molecule has 0 nitrogen and oxygen atoms in total. The Labute approximate surface area is 105 Å². The molecule has 0 saturated carbocycles. The topological polar surface area (TPSA) is 0 Å². The van der Waals surface area contributed by atoms with Crippen LogP contribution >= 0.6 is 0 Å². The van der Waals surface area contributed by atoms with Crippen LogP contribution in [0.15, 0.2) is 0 Å². The van der Waals surface area contributed by atoms with Crippen molar-refractivity contribution in [2.24, 2.45) is 0 Å². The Morgan fingerprint density at radius 3 is 1.00 bits per heavy atom. The van der Waals surface area contributed by atoms with Crippen molar-refractivity contribution in [2.45, 2.75) is 0 Å². The van der Waals surface area contributed by atoms with E-state index in [2.05, 4.69) is 0 Å². The summed E-state index contributed by atoms with van der Waals surface area (Å²) in [4.78, 5) is 0. The van der Waals surface area contributed by atoms with Gasteiger partial charge in [0.05, 0.1) is 0 Å². The molecule has 6 heavy (non-hydrogen) atoms. The van der Waals surface area contributed by atoms with Gasteiger partial charge >= 0.3 is 0 Å². The van der Waals surface area contributed by atoms with E-state index in [0.717, 1.165) is 0 Å². The van der Waals surface area contributed by atoms with Gasteiger partial charge in [0.25, 0.3) is 0 Å². The molecule has 0 aromatic heterocycles. The van der Waals surface area contributed by atoms with E-state index < -0.39 is 0 Å². The van der Waals surface area contributed by atoms with Crippen molar-refractivity contribution in [3.63, 3.8) is 0 Å². The third-order valence-corrected chi connectivity index (χ3v) is 0. The molecule has 0 aliphatic heterocycles. The largest absolute Gasteiger partial charge is 0.187 e. The van der Waals surface area contributed by atoms with Crippen molar-refractivity contribution in [3.05, 3.63) is 0 Å². The average Bonchev–Trinajstić information content (AvgIpc) is 0. The van der Waals surface area contributed by atoms with Gasteiger partial charge in [0.15, 0.2) is 17.4 Å². The first kappa shape index (κ1) is 58.7. The van der Waals surface area contributed by atoms with E-state index in [-0.39, 0.29) is 107 Å². The van der Waals surface area contributed by atoms with Crippen LogP contribution in [0.1, 0.15) is 0 Å². The summed E-state index contributed by atoms with van der Waals surface area (Å²) >= 11 is 0. The standard InChI is InChI=1S/Al.Cr.Cu.Fe.Ni.Ti.3H. The van der Waals surface area contributed by atoms with Crippen molar-refractivity contribution in [3.8, 4) is 0 Å². The van der Waals surface area contributed by atoms with Gasteiger partial charge in [-0.05, 0) is 0 Å². The summed E-state index contributed by atoms with van der Waals surface area (Å²) in [6.45, 7) is 0. The zero-order valence-corrected chi connectivity index (χ0v) is 7.75. The summed E-state index contributed by atoms with van der Waals surface area (Å²) in [6.07, 6.45) is 0. The SMILES string of the molecule is [AlH3].[Cr].[Cu].[Fe].[Ni].[Ti]. The van der Waals surface area contributed by atoms with Crippen LogP contribution in [0, 0.1) is 0 Å². The van der Waals surface area contributed by atoms with Gasteiger partial charge in [-0.3, -0.25) is 0 Å². The minimum atomic E-state index is 0. The summed E-state index contributed by atoms with van der Waals surface area (Å²) in [5, 5.41) is 0. The molecule has 0 rings (SSSR count). The molecule has 0 aromatic carbocycles. The molecule has 0 amide bonds. The number of hydrogen-bond acceptors (Lipinski definition) is 0. The van der Waals surface area contributed by atoms with E-state index in [4.69, 9.17) is 0 Å². The summed E-state index contributed by atoms with van der Waals surface area (Å²) < 4.78 is 0. The van der Waals surface area contributed by atoms with Crippen molar-refractivity contribution in [1.29, 1.82) is 0 Å². The van der Waals surface area contributed by atoms with E-state index in [0.29, 0.717) is 0 Å². The maximum Gasteiger partial charge on any atom is 0.187 e. The molecule has 0 aliphatic carbocycles. The van der Waals surface area contributed by atoms with E-state index in [1.165, 1.54) is 0 Å². The maximum absolute atomic E-state index is 0. The molecule has 45 valence electrons. The zero-order chi connectivity index (χ0) is 0. The van der Waals surface area contributed by atoms with Crippen LogP contribution in [-0.4, -0.2) is 17.4 Å². The van der Waals surface area contributed by atoms with E-state index in [9.17, 15) is 0 Å². The van der Waals surface area contributed by atoms with E-state index >= 15 is 0 Å². The Morgan fingerprint density at radius 1 is 1.00 bits per heavy atom. The Kier molecular flexibility index (Phi) is 396. The van der Waals surface area contributed by atoms with Gasteiger partial charge in [0.1, 0.15) is 0 Å². The van der Waals surface area contributed by atoms with Crippen LogP contribution in [0.4, 0.5) is 0 Å². The molecule has 0 aliphatic rings. The minimum absolute atomic E-state index is 0. The Bertz CT molecular complexity index is 15.5. The summed E-state index contributed by atoms with van der Waals surface area (Å²) in [7, 11) is 0. The van der Waals surface area contributed by atoms with Gasteiger partial charge in [-0.1, -0.05) is 0 Å². The Morgan fingerprint density at radius 2 is 1.00 bits per heavy atom. The average molecular weight is 308 g/mol. The second-order valence-electron chi connectivity index (χ2n) is 0. The van der Waals surface area contributed by atoms with Gasteiger partial charge in [0, 0.05) is 89.7 Å². The van der Waals surface area contributed by atoms with E-state index in [1.54, 1.807) is 0 Å². The molecule has 1 radical (unpaired) electrons. The van der Waals surface area contributed by atoms with Crippen molar-refractivity contribution in [2.75, 3.05) is 0 Å². The fourth-order valence-electron chi connectivity index (χ4n) is 0. The molecule has 0 fully saturated rings. The van der Waals surface area contributed by atoms with Gasteiger partial charge < -0.3 is 0 Å². The summed E-state index contributed by atoms with van der Waals surface area (Å²) in [5.41, 5.74) is 0. The van der Waals surface area contributed by atoms with Crippen LogP contribution in [-0.2, 0) is 89.7 Å². The minimum Gasteiger partial charge on any atom is 0 e. The zero-order valence-electron chi connectivity index (χ0n) is 1.88. The quantitative estimate of drug-likeness (QED) is 0.494. The Balaban J connectivity index is 0. The van der Waals surface area contributed by atoms with Gasteiger partial charge in [-0.2, -0.15) is 0 Å². The van der Waals surface area contributed by atoms with E-state index in [1.807, 2.05) is 0 Å². The molecular weight excluding hydrogens is 305 g/mol. The summed E-state index contributed by atoms with van der Waals surface area (Å²) in [6, 6.07) is 0. The van der Waals surface area contributed by atoms with Crippen molar-refractivity contribution in [1.82, 2.24) is 0 Å². The smallest absolute Gasteiger partial charge is 0 e. The number of rotatable bonds is 0. The molecule has 0 atom stereocenters. The summed E-state index contributed by atoms with van der Waals surface area (Å²) in [5.74, 6) is 0. The van der Waals surface area contributed by atoms with Crippen LogP contribution in [0.25, 0.3) is 0 Å². The van der Waals surface area contributed by atoms with Crippen LogP contribution in [0.2, 0.25) is 0 Å². The van der Waals surface area contributed by atoms with Gasteiger partial charge in [-0.15, -0.1) is 0 Å². The fraction of sp³-hybridized carbons (Fsp3) is 0. The first-order chi connectivity index (χ1) is 0. The second kappa shape index (κ2) is 40.5. The molecule has 0 aromatic rings. The van der Waals surface area contributed by atoms with Crippen molar-refractivity contribution < 1.29 is 89.7 Å². The third kappa shape index (κ3) is 26.6. The fourth-order valence-corrected chi connectivity index (χ4v) is 0. The Hall–Kier alpha value is 3.31. The van der Waals surface area contributed by atoms with Crippen LogP contribution in [0.3, 0.4) is 0 Å². The normalized spacial score (nSPS) is 0. The molecule has 0 unspecified atom stereocenters. The van der Waals surface area contributed by atoms with Gasteiger partial charge in [0.2, 0.25) is 0 Å². The van der Waals surface area contributed by atoms with Crippen LogP contribution in [0.5, 0.6) is 0 Å². The molecule has 0 N–H and O–H groups in total. The second-order valence-corrected chi connectivity index (χ2v) is 0. The monoisotopic (exact) mass is 307 g/mol. The van der Waals surface area contributed by atoms with Crippen LogP contribution < -0.4 is 0 Å². The van der Waals surface area contributed by atoms with Gasteiger partial charge in [-0.25, -0.2) is 0 Å². The first-order valence-electron chi connectivity index (χ1n) is 0. The molecule has 0 saturated heterocycles. The first-order valence-corrected chi connectivity index (χ1v) is 0. The predicted octanol–water partition coefficient (Wildman–Crippen LogP) is -1.20.